The summed E-state index contributed by atoms with van der Waals surface area (Å²) in [5.41, 5.74) is 13.3. The standard InChI is InChI=1S/C48H29NO3/c1-2-13-33-32(12-1)35-14-4-10-23-46(35)52-48-39(33)18-11-19-42(48)49(31-25-27-47-41(29-31)38-17-6-9-22-45(38)51-47)30-24-26-34-36-15-3-7-20-43(36)50-44-21-8-5-16-37(44)40(34)28-30/h1-29H. The lowest BCUT2D eigenvalue weighted by Crippen LogP contribution is -2.12. The summed E-state index contributed by atoms with van der Waals surface area (Å²) in [4.78, 5) is 2.32. The molecule has 0 atom stereocenters. The fourth-order valence-corrected chi connectivity index (χ4v) is 7.95. The van der Waals surface area contributed by atoms with Gasteiger partial charge in [-0.15, -0.1) is 0 Å². The lowest BCUT2D eigenvalue weighted by atomic mass is 9.93. The summed E-state index contributed by atoms with van der Waals surface area (Å²) in [5, 5.41) is 2.13. The Hall–Kier alpha value is -7.04. The molecule has 0 aliphatic carbocycles. The van der Waals surface area contributed by atoms with Gasteiger partial charge < -0.3 is 18.8 Å². The number of hydrogen-bond donors (Lipinski definition) is 0. The summed E-state index contributed by atoms with van der Waals surface area (Å²) in [7, 11) is 0. The molecule has 0 spiro atoms. The maximum absolute atomic E-state index is 7.04. The first-order chi connectivity index (χ1) is 25.8. The molecule has 0 N–H and O–H groups in total. The molecule has 0 radical (unpaired) electrons. The number of fused-ring (bicyclic) bond motifs is 13. The fourth-order valence-electron chi connectivity index (χ4n) is 7.95. The van der Waals surface area contributed by atoms with Crippen LogP contribution in [0.4, 0.5) is 17.1 Å². The first-order valence-electron chi connectivity index (χ1n) is 17.5. The van der Waals surface area contributed by atoms with E-state index in [4.69, 9.17) is 13.9 Å². The molecule has 8 aromatic carbocycles. The van der Waals surface area contributed by atoms with Gasteiger partial charge in [0.15, 0.2) is 5.75 Å². The molecule has 4 heteroatoms. The molecule has 4 nitrogen and oxygen atoms in total. The molecule has 0 fully saturated rings. The van der Waals surface area contributed by atoms with Crippen molar-refractivity contribution in [3.05, 3.63) is 176 Å². The third-order valence-electron chi connectivity index (χ3n) is 10.3. The van der Waals surface area contributed by atoms with Gasteiger partial charge in [-0.1, -0.05) is 115 Å². The number of ether oxygens (including phenoxy) is 2. The maximum atomic E-state index is 7.04. The van der Waals surface area contributed by atoms with Crippen LogP contribution in [0.25, 0.3) is 66.4 Å². The van der Waals surface area contributed by atoms with E-state index < -0.39 is 0 Å². The second-order valence-corrected chi connectivity index (χ2v) is 13.2. The quantitative estimate of drug-likeness (QED) is 0.188. The fraction of sp³-hybridized carbons (Fsp3) is 0. The second kappa shape index (κ2) is 11.2. The molecule has 52 heavy (non-hydrogen) atoms. The van der Waals surface area contributed by atoms with Crippen LogP contribution in [0.2, 0.25) is 0 Å². The zero-order chi connectivity index (χ0) is 34.2. The highest BCUT2D eigenvalue weighted by atomic mass is 16.5. The Bertz CT molecular complexity index is 2880. The molecule has 2 aliphatic rings. The zero-order valence-corrected chi connectivity index (χ0v) is 27.9. The normalized spacial score (nSPS) is 12.2. The van der Waals surface area contributed by atoms with Crippen LogP contribution in [-0.4, -0.2) is 0 Å². The van der Waals surface area contributed by atoms with Gasteiger partial charge in [0, 0.05) is 44.4 Å². The molecular formula is C48H29NO3. The molecule has 1 aromatic heterocycles. The molecule has 0 saturated heterocycles. The van der Waals surface area contributed by atoms with Gasteiger partial charge in [-0.2, -0.15) is 0 Å². The predicted octanol–water partition coefficient (Wildman–Crippen LogP) is 13.9. The number of rotatable bonds is 3. The van der Waals surface area contributed by atoms with Gasteiger partial charge in [0.2, 0.25) is 0 Å². The van der Waals surface area contributed by atoms with Crippen LogP contribution >= 0.6 is 0 Å². The van der Waals surface area contributed by atoms with Crippen molar-refractivity contribution in [3.63, 3.8) is 0 Å². The zero-order valence-electron chi connectivity index (χ0n) is 27.9. The van der Waals surface area contributed by atoms with Crippen molar-refractivity contribution in [2.24, 2.45) is 0 Å². The molecule has 2 aliphatic heterocycles. The Labute approximate surface area is 300 Å². The average molecular weight is 668 g/mol. The second-order valence-electron chi connectivity index (χ2n) is 13.2. The van der Waals surface area contributed by atoms with Gasteiger partial charge in [0.25, 0.3) is 0 Å². The Morgan fingerprint density at radius 3 is 1.60 bits per heavy atom. The third kappa shape index (κ3) is 4.34. The van der Waals surface area contributed by atoms with E-state index >= 15 is 0 Å². The minimum atomic E-state index is 0.793. The highest BCUT2D eigenvalue weighted by molar-refractivity contribution is 6.07. The molecule has 3 heterocycles. The van der Waals surface area contributed by atoms with E-state index in [1.54, 1.807) is 0 Å². The van der Waals surface area contributed by atoms with Gasteiger partial charge in [0.05, 0.1) is 5.69 Å². The molecular weight excluding hydrogens is 639 g/mol. The van der Waals surface area contributed by atoms with E-state index in [0.29, 0.717) is 0 Å². The van der Waals surface area contributed by atoms with Gasteiger partial charge >= 0.3 is 0 Å². The number of para-hydroxylation sites is 5. The van der Waals surface area contributed by atoms with Crippen molar-refractivity contribution < 1.29 is 13.9 Å². The van der Waals surface area contributed by atoms with E-state index in [1.165, 1.54) is 0 Å². The largest absolute Gasteiger partial charge is 0.456 e. The van der Waals surface area contributed by atoms with Crippen LogP contribution in [-0.2, 0) is 0 Å². The van der Waals surface area contributed by atoms with Crippen LogP contribution in [0.3, 0.4) is 0 Å². The highest BCUT2D eigenvalue weighted by Crippen LogP contribution is 2.54. The number of nitrogens with zero attached hydrogens (tertiary/aromatic N) is 1. The minimum Gasteiger partial charge on any atom is -0.456 e. The van der Waals surface area contributed by atoms with Crippen LogP contribution < -0.4 is 14.4 Å². The molecule has 0 unspecified atom stereocenters. The van der Waals surface area contributed by atoms with E-state index in [9.17, 15) is 0 Å². The van der Waals surface area contributed by atoms with Crippen molar-refractivity contribution in [2.45, 2.75) is 0 Å². The van der Waals surface area contributed by atoms with E-state index in [-0.39, 0.29) is 0 Å². The van der Waals surface area contributed by atoms with Gasteiger partial charge in [-0.3, -0.25) is 0 Å². The Kier molecular flexibility index (Phi) is 6.22. The molecule has 0 bridgehead atoms. The predicted molar refractivity (Wildman–Crippen MR) is 210 cm³/mol. The highest BCUT2D eigenvalue weighted by Gasteiger charge is 2.28. The van der Waals surface area contributed by atoms with Crippen LogP contribution in [0, 0.1) is 0 Å². The topological polar surface area (TPSA) is 34.8 Å². The van der Waals surface area contributed by atoms with Gasteiger partial charge in [-0.05, 0) is 82.9 Å². The van der Waals surface area contributed by atoms with Crippen LogP contribution in [0.5, 0.6) is 23.0 Å². The Balaban J connectivity index is 1.20. The number of hydrogen-bond acceptors (Lipinski definition) is 4. The van der Waals surface area contributed by atoms with E-state index in [1.807, 2.05) is 42.5 Å². The Morgan fingerprint density at radius 1 is 0.327 bits per heavy atom. The SMILES string of the molecule is c1ccc2c(c1)Oc1ccccc1-c1cc(N(c3ccc4oc5ccccc5c4c3)c3cccc4c3Oc3ccccc3-c3ccccc3-4)ccc1-2. The van der Waals surface area contributed by atoms with Crippen molar-refractivity contribution in [3.8, 4) is 67.5 Å². The van der Waals surface area contributed by atoms with Crippen molar-refractivity contribution in [2.75, 3.05) is 4.90 Å². The number of anilines is 3. The van der Waals surface area contributed by atoms with Gasteiger partial charge in [-0.25, -0.2) is 0 Å². The summed E-state index contributed by atoms with van der Waals surface area (Å²) >= 11 is 0. The van der Waals surface area contributed by atoms with Crippen LogP contribution in [0.15, 0.2) is 180 Å². The van der Waals surface area contributed by atoms with Crippen molar-refractivity contribution in [1.82, 2.24) is 0 Å². The summed E-state index contributed by atoms with van der Waals surface area (Å²) < 4.78 is 19.9. The molecule has 9 aromatic rings. The summed E-state index contributed by atoms with van der Waals surface area (Å²) in [6, 6.07) is 61.3. The van der Waals surface area contributed by atoms with Crippen molar-refractivity contribution in [1.29, 1.82) is 0 Å². The lowest BCUT2D eigenvalue weighted by molar-refractivity contribution is 0.487. The maximum Gasteiger partial charge on any atom is 0.159 e. The first-order valence-corrected chi connectivity index (χ1v) is 17.5. The lowest BCUT2D eigenvalue weighted by Gasteiger charge is -2.29. The third-order valence-corrected chi connectivity index (χ3v) is 10.3. The van der Waals surface area contributed by atoms with Crippen LogP contribution in [0.1, 0.15) is 0 Å². The molecule has 0 amide bonds. The monoisotopic (exact) mass is 667 g/mol. The average Bonchev–Trinajstić information content (AvgIpc) is 3.41. The van der Waals surface area contributed by atoms with Gasteiger partial charge in [0.1, 0.15) is 28.4 Å². The minimum absolute atomic E-state index is 0.793. The van der Waals surface area contributed by atoms with E-state index in [2.05, 4.69) is 138 Å². The molecule has 11 rings (SSSR count). The number of benzene rings is 8. The summed E-state index contributed by atoms with van der Waals surface area (Å²) in [6.45, 7) is 0. The summed E-state index contributed by atoms with van der Waals surface area (Å²) in [5.74, 6) is 3.28. The molecule has 0 saturated carbocycles. The first kappa shape index (κ1) is 28.8. The summed E-state index contributed by atoms with van der Waals surface area (Å²) in [6.07, 6.45) is 0. The smallest absolute Gasteiger partial charge is 0.159 e. The number of furan rings is 1. The van der Waals surface area contributed by atoms with E-state index in [0.717, 1.165) is 107 Å². The van der Waals surface area contributed by atoms with Crippen molar-refractivity contribution >= 4 is 39.0 Å². The molecule has 244 valence electrons. The Morgan fingerprint density at radius 2 is 0.846 bits per heavy atom.